The number of benzene rings is 2. The minimum Gasteiger partial charge on any atom is -0.497 e. The van der Waals surface area contributed by atoms with Crippen molar-refractivity contribution in [2.24, 2.45) is 5.41 Å². The van der Waals surface area contributed by atoms with Crippen LogP contribution < -0.4 is 10.3 Å². The molecule has 0 aliphatic rings. The number of aromatic amines is 1. The first-order valence-corrected chi connectivity index (χ1v) is 11.8. The van der Waals surface area contributed by atoms with Crippen LogP contribution in [0.4, 0.5) is 13.2 Å². The highest BCUT2D eigenvalue weighted by Crippen LogP contribution is 2.41. The first-order chi connectivity index (χ1) is 16.3. The molecule has 0 radical (unpaired) electrons. The molecular weight excluding hydrogens is 477 g/mol. The van der Waals surface area contributed by atoms with Gasteiger partial charge in [-0.25, -0.2) is 4.98 Å². The van der Waals surface area contributed by atoms with Crippen molar-refractivity contribution in [2.75, 3.05) is 7.11 Å². The number of rotatable bonds is 8. The van der Waals surface area contributed by atoms with Crippen molar-refractivity contribution in [3.63, 3.8) is 0 Å². The van der Waals surface area contributed by atoms with Crippen molar-refractivity contribution in [2.45, 2.75) is 49.9 Å². The van der Waals surface area contributed by atoms with Gasteiger partial charge in [-0.2, -0.15) is 13.2 Å². The molecular formula is C26H27F3N2O3S. The van der Waals surface area contributed by atoms with Gasteiger partial charge in [0.05, 0.1) is 7.11 Å². The molecule has 2 aromatic carbocycles. The average molecular weight is 505 g/mol. The molecule has 5 nitrogen and oxygen atoms in total. The van der Waals surface area contributed by atoms with Crippen LogP contribution in [0.1, 0.15) is 60.5 Å². The summed E-state index contributed by atoms with van der Waals surface area (Å²) in [5, 5.41) is 0. The molecule has 0 saturated carbocycles. The minimum atomic E-state index is -4.36. The van der Waals surface area contributed by atoms with E-state index in [2.05, 4.69) is 9.97 Å². The molecule has 0 unspecified atom stereocenters. The summed E-state index contributed by atoms with van der Waals surface area (Å²) >= 11 is -0.177. The first-order valence-electron chi connectivity index (χ1n) is 11.0. The Hall–Kier alpha value is -3.07. The predicted octanol–water partition coefficient (Wildman–Crippen LogP) is 6.38. The van der Waals surface area contributed by atoms with E-state index in [0.29, 0.717) is 18.0 Å². The van der Waals surface area contributed by atoms with E-state index < -0.39 is 11.1 Å². The molecule has 3 rings (SSSR count). The number of nitrogens with one attached hydrogen (secondary N) is 1. The third-order valence-corrected chi connectivity index (χ3v) is 6.30. The number of thioether (sulfide) groups is 1. The molecule has 0 bridgehead atoms. The second-order valence-electron chi connectivity index (χ2n) is 9.26. The van der Waals surface area contributed by atoms with Gasteiger partial charge >= 0.3 is 5.51 Å². The van der Waals surface area contributed by atoms with Crippen molar-refractivity contribution in [1.82, 2.24) is 9.97 Å². The maximum absolute atomic E-state index is 13.2. The summed E-state index contributed by atoms with van der Waals surface area (Å²) < 4.78 is 43.1. The summed E-state index contributed by atoms with van der Waals surface area (Å²) in [5.74, 6) is 0.482. The number of ketones is 1. The quantitative estimate of drug-likeness (QED) is 0.285. The van der Waals surface area contributed by atoms with Gasteiger partial charge in [-0.15, -0.1) is 0 Å². The van der Waals surface area contributed by atoms with Crippen LogP contribution in [0.3, 0.4) is 0 Å². The van der Waals surface area contributed by atoms with E-state index in [1.54, 1.807) is 31.4 Å². The number of carbonyl (C=O) groups excluding carboxylic acids is 1. The zero-order valence-corrected chi connectivity index (χ0v) is 20.7. The number of H-pyrrole nitrogens is 1. The van der Waals surface area contributed by atoms with E-state index in [-0.39, 0.29) is 45.9 Å². The first kappa shape index (κ1) is 26.5. The average Bonchev–Trinajstić information content (AvgIpc) is 2.76. The van der Waals surface area contributed by atoms with Gasteiger partial charge in [0.15, 0.2) is 5.78 Å². The second kappa shape index (κ2) is 10.7. The van der Waals surface area contributed by atoms with Crippen molar-refractivity contribution < 1.29 is 22.7 Å². The van der Waals surface area contributed by atoms with E-state index in [0.717, 1.165) is 11.1 Å². The Morgan fingerprint density at radius 2 is 1.69 bits per heavy atom. The normalized spacial score (nSPS) is 12.9. The van der Waals surface area contributed by atoms with Crippen molar-refractivity contribution >= 4 is 17.5 Å². The lowest BCUT2D eigenvalue weighted by molar-refractivity contribution is -0.0328. The van der Waals surface area contributed by atoms with Crippen molar-refractivity contribution in [1.29, 1.82) is 0 Å². The highest BCUT2D eigenvalue weighted by Gasteiger charge is 2.31. The molecule has 35 heavy (non-hydrogen) atoms. The third kappa shape index (κ3) is 7.71. The molecule has 1 heterocycles. The Morgan fingerprint density at radius 3 is 2.23 bits per heavy atom. The molecule has 0 aliphatic carbocycles. The third-order valence-electron chi connectivity index (χ3n) is 5.56. The summed E-state index contributed by atoms with van der Waals surface area (Å²) in [5.41, 5.74) is -3.44. The number of ether oxygens (including phenoxy) is 1. The van der Waals surface area contributed by atoms with Crippen LogP contribution in [0.2, 0.25) is 0 Å². The number of nitrogens with zero attached hydrogens (tertiary/aromatic N) is 1. The number of aromatic nitrogens is 2. The molecule has 9 heteroatoms. The van der Waals surface area contributed by atoms with Gasteiger partial charge in [-0.05, 0) is 58.5 Å². The molecule has 0 aliphatic heterocycles. The Labute approximate surface area is 206 Å². The fourth-order valence-corrected chi connectivity index (χ4v) is 4.33. The Balaban J connectivity index is 1.81. The number of hydrogen-bond acceptors (Lipinski definition) is 5. The minimum absolute atomic E-state index is 0.0632. The van der Waals surface area contributed by atoms with Crippen LogP contribution in [0.15, 0.2) is 64.3 Å². The van der Waals surface area contributed by atoms with Gasteiger partial charge in [0.1, 0.15) is 17.3 Å². The van der Waals surface area contributed by atoms with E-state index in [9.17, 15) is 22.8 Å². The van der Waals surface area contributed by atoms with E-state index in [1.807, 2.05) is 32.9 Å². The fourth-order valence-electron chi connectivity index (χ4n) is 3.79. The largest absolute Gasteiger partial charge is 0.497 e. The lowest BCUT2D eigenvalue weighted by atomic mass is 9.73. The highest BCUT2D eigenvalue weighted by molar-refractivity contribution is 8.00. The Morgan fingerprint density at radius 1 is 1.06 bits per heavy atom. The van der Waals surface area contributed by atoms with Crippen molar-refractivity contribution in [3.8, 4) is 5.75 Å². The monoisotopic (exact) mass is 504 g/mol. The lowest BCUT2D eigenvalue weighted by Gasteiger charge is -2.31. The molecule has 1 atom stereocenters. The van der Waals surface area contributed by atoms with Crippen LogP contribution in [0, 0.1) is 5.41 Å². The van der Waals surface area contributed by atoms with Crippen LogP contribution in [0.25, 0.3) is 0 Å². The van der Waals surface area contributed by atoms with Crippen LogP contribution in [-0.2, 0) is 6.42 Å². The number of methoxy groups -OCH3 is 1. The fraction of sp³-hybridized carbons (Fsp3) is 0.346. The van der Waals surface area contributed by atoms with Gasteiger partial charge in [-0.3, -0.25) is 9.59 Å². The molecule has 0 fully saturated rings. The van der Waals surface area contributed by atoms with Gasteiger partial charge in [-0.1, -0.05) is 45.0 Å². The summed E-state index contributed by atoms with van der Waals surface area (Å²) in [6.07, 6.45) is 0.398. The van der Waals surface area contributed by atoms with Crippen LogP contribution >= 0.6 is 11.8 Å². The van der Waals surface area contributed by atoms with Gasteiger partial charge < -0.3 is 9.72 Å². The molecule has 0 spiro atoms. The molecule has 186 valence electrons. The molecule has 0 saturated heterocycles. The molecule has 1 N–H and O–H groups in total. The SMILES string of the molecule is COc1ccc(Cc2nc(C(=O)C[C@@H](c3ccc(SC(F)(F)F)cc3)C(C)(C)C)cc(=O)[nH]2)cc1. The zero-order valence-electron chi connectivity index (χ0n) is 19.9. The van der Waals surface area contributed by atoms with Gasteiger partial charge in [0, 0.05) is 23.8 Å². The number of carbonyl (C=O) groups is 1. The number of alkyl halides is 3. The number of hydrogen-bond donors (Lipinski definition) is 1. The smallest absolute Gasteiger partial charge is 0.446 e. The van der Waals surface area contributed by atoms with E-state index >= 15 is 0 Å². The summed E-state index contributed by atoms with van der Waals surface area (Å²) in [7, 11) is 1.57. The molecule has 3 aromatic rings. The van der Waals surface area contributed by atoms with Gasteiger partial charge in [0.25, 0.3) is 5.56 Å². The van der Waals surface area contributed by atoms with Crippen LogP contribution in [0.5, 0.6) is 5.75 Å². The second-order valence-corrected chi connectivity index (χ2v) is 10.4. The maximum Gasteiger partial charge on any atom is 0.446 e. The summed E-state index contributed by atoms with van der Waals surface area (Å²) in [6, 6.07) is 14.6. The van der Waals surface area contributed by atoms with E-state index in [4.69, 9.17) is 4.74 Å². The zero-order chi connectivity index (χ0) is 25.8. The number of Topliss-reactive ketones (excluding diaryl/α,β-unsaturated/α-hetero) is 1. The van der Waals surface area contributed by atoms with Gasteiger partial charge in [0.2, 0.25) is 0 Å². The summed E-state index contributed by atoms with van der Waals surface area (Å²) in [6.45, 7) is 5.89. The topological polar surface area (TPSA) is 72.0 Å². The van der Waals surface area contributed by atoms with Crippen LogP contribution in [-0.4, -0.2) is 28.4 Å². The highest BCUT2D eigenvalue weighted by atomic mass is 32.2. The van der Waals surface area contributed by atoms with Crippen molar-refractivity contribution in [3.05, 3.63) is 87.6 Å². The Kier molecular flexibility index (Phi) is 8.10. The standard InChI is InChI=1S/C26H27F3N2O3S/c1-25(2,3)20(17-7-11-19(12-8-17)35-26(27,28)29)14-22(32)21-15-24(33)31-23(30-21)13-16-5-9-18(34-4)10-6-16/h5-12,15,20H,13-14H2,1-4H3,(H,30,31,33)/t20-/m0/s1. The lowest BCUT2D eigenvalue weighted by Crippen LogP contribution is -2.23. The maximum atomic E-state index is 13.2. The molecule has 0 amide bonds. The Bertz CT molecular complexity index is 1210. The molecule has 1 aromatic heterocycles. The van der Waals surface area contributed by atoms with E-state index in [1.165, 1.54) is 18.2 Å². The predicted molar refractivity (Wildman–Crippen MR) is 130 cm³/mol. The summed E-state index contributed by atoms with van der Waals surface area (Å²) in [4.78, 5) is 32.6. The number of halogens is 3.